The topological polar surface area (TPSA) is 65.4 Å². The molecule has 0 aromatic heterocycles. The van der Waals surface area contributed by atoms with Gasteiger partial charge >= 0.3 is 0 Å². The monoisotopic (exact) mass is 351 g/mol. The molecule has 1 N–H and O–H groups in total. The maximum Gasteiger partial charge on any atom is 0.221 e. The molecule has 1 amide bonds. The van der Waals surface area contributed by atoms with Gasteiger partial charge in [-0.2, -0.15) is 5.26 Å². The summed E-state index contributed by atoms with van der Waals surface area (Å²) in [5.74, 6) is 0.858. The largest absolute Gasteiger partial charge is 0.501 e. The Morgan fingerprint density at radius 2 is 2.12 bits per heavy atom. The highest BCUT2D eigenvalue weighted by molar-refractivity contribution is 5.89. The van der Waals surface area contributed by atoms with Crippen LogP contribution < -0.4 is 5.32 Å². The number of rotatable bonds is 4. The third kappa shape index (κ3) is 3.23. The van der Waals surface area contributed by atoms with Gasteiger partial charge in [-0.05, 0) is 42.7 Å². The van der Waals surface area contributed by atoms with Crippen molar-refractivity contribution in [1.29, 1.82) is 5.26 Å². The molecule has 1 aliphatic heterocycles. The Morgan fingerprint density at radius 1 is 1.38 bits per heavy atom. The van der Waals surface area contributed by atoms with Crippen molar-refractivity contribution in [2.24, 2.45) is 0 Å². The number of carbonyl (C=O) groups is 1. The van der Waals surface area contributed by atoms with Crippen LogP contribution in [-0.4, -0.2) is 30.5 Å². The molecule has 2 aliphatic rings. The van der Waals surface area contributed by atoms with Crippen LogP contribution in [-0.2, 0) is 9.53 Å². The highest BCUT2D eigenvalue weighted by atomic mass is 16.5. The van der Waals surface area contributed by atoms with Crippen LogP contribution in [0.4, 0.5) is 5.69 Å². The molecule has 0 spiro atoms. The Balaban J connectivity index is 0.00000261. The molecule has 1 aliphatic carbocycles. The molecule has 1 aromatic rings. The van der Waals surface area contributed by atoms with Gasteiger partial charge < -0.3 is 15.0 Å². The fourth-order valence-corrected chi connectivity index (χ4v) is 3.71. The first kappa shape index (κ1) is 17.8. The SMILES string of the molecule is CCN1C(c2ccc(NC(C)=O)cc2)=C(C#N)C2=CCC=C(OC)CC21.[HH]. The van der Waals surface area contributed by atoms with E-state index in [9.17, 15) is 10.1 Å². The van der Waals surface area contributed by atoms with Gasteiger partial charge in [0.05, 0.1) is 30.2 Å². The van der Waals surface area contributed by atoms with Crippen LogP contribution in [0.5, 0.6) is 0 Å². The highest BCUT2D eigenvalue weighted by Crippen LogP contribution is 2.42. The third-order valence-electron chi connectivity index (χ3n) is 4.82. The minimum absolute atomic E-state index is 0. The average Bonchev–Trinajstić information content (AvgIpc) is 2.77. The summed E-state index contributed by atoms with van der Waals surface area (Å²) in [6.45, 7) is 4.39. The van der Waals surface area contributed by atoms with E-state index in [0.717, 1.165) is 53.2 Å². The number of nitrogens with zero attached hydrogens (tertiary/aromatic N) is 2. The lowest BCUT2D eigenvalue weighted by molar-refractivity contribution is -0.114. The first-order valence-electron chi connectivity index (χ1n) is 8.81. The maximum absolute atomic E-state index is 11.2. The van der Waals surface area contributed by atoms with Gasteiger partial charge in [0.25, 0.3) is 0 Å². The van der Waals surface area contributed by atoms with E-state index in [2.05, 4.69) is 35.4 Å². The van der Waals surface area contributed by atoms with Crippen molar-refractivity contribution < 1.29 is 11.0 Å². The molecule has 0 bridgehead atoms. The van der Waals surface area contributed by atoms with Gasteiger partial charge in [0.1, 0.15) is 6.07 Å². The van der Waals surface area contributed by atoms with E-state index in [4.69, 9.17) is 4.74 Å². The van der Waals surface area contributed by atoms with Crippen LogP contribution in [0.15, 0.2) is 53.3 Å². The number of methoxy groups -OCH3 is 1. The van der Waals surface area contributed by atoms with Gasteiger partial charge in [-0.3, -0.25) is 4.79 Å². The van der Waals surface area contributed by atoms with Gasteiger partial charge in [0.2, 0.25) is 5.91 Å². The van der Waals surface area contributed by atoms with Gasteiger partial charge in [-0.25, -0.2) is 0 Å². The zero-order valence-corrected chi connectivity index (χ0v) is 15.4. The van der Waals surface area contributed by atoms with Crippen LogP contribution in [0.2, 0.25) is 0 Å². The predicted molar refractivity (Wildman–Crippen MR) is 104 cm³/mol. The van der Waals surface area contributed by atoms with E-state index >= 15 is 0 Å². The van der Waals surface area contributed by atoms with Crippen molar-refractivity contribution in [1.82, 2.24) is 4.90 Å². The molecule has 5 heteroatoms. The fraction of sp³-hybridized carbons (Fsp3) is 0.333. The standard InChI is InChI=1S/C21H23N3O2.H2/c1-4-24-20-12-17(26-3)6-5-7-18(20)19(13-22)21(24)15-8-10-16(11-9-15)23-14(2)25;/h6-11,20H,4-5,12H2,1-3H3,(H,23,25);1H. The van der Waals surface area contributed by atoms with Crippen molar-refractivity contribution >= 4 is 17.3 Å². The van der Waals surface area contributed by atoms with Crippen molar-refractivity contribution in [3.05, 3.63) is 58.9 Å². The molecule has 5 nitrogen and oxygen atoms in total. The number of likely N-dealkylation sites (N-methyl/N-ethyl adjacent to an activating group) is 1. The summed E-state index contributed by atoms with van der Waals surface area (Å²) in [7, 11) is 1.70. The summed E-state index contributed by atoms with van der Waals surface area (Å²) >= 11 is 0. The number of allylic oxidation sites excluding steroid dienone is 2. The number of benzene rings is 1. The fourth-order valence-electron chi connectivity index (χ4n) is 3.71. The molecule has 3 rings (SSSR count). The number of amides is 1. The van der Waals surface area contributed by atoms with Crippen LogP contribution in [0.3, 0.4) is 0 Å². The molecule has 1 heterocycles. The molecule has 0 radical (unpaired) electrons. The van der Waals surface area contributed by atoms with E-state index in [1.165, 1.54) is 6.92 Å². The summed E-state index contributed by atoms with van der Waals surface area (Å²) in [5, 5.41) is 12.6. The highest BCUT2D eigenvalue weighted by Gasteiger charge is 2.37. The van der Waals surface area contributed by atoms with Crippen LogP contribution in [0, 0.1) is 11.3 Å². The number of nitriles is 1. The molecule has 0 saturated carbocycles. The normalized spacial score (nSPS) is 19.2. The molecule has 1 aromatic carbocycles. The molecule has 0 saturated heterocycles. The minimum atomic E-state index is -0.1000. The molecule has 1 atom stereocenters. The molecular formula is C21H25N3O2. The Hall–Kier alpha value is -3.00. The molecular weight excluding hydrogens is 326 g/mol. The Morgan fingerprint density at radius 3 is 2.69 bits per heavy atom. The average molecular weight is 351 g/mol. The second-order valence-electron chi connectivity index (χ2n) is 6.37. The third-order valence-corrected chi connectivity index (χ3v) is 4.82. The second kappa shape index (κ2) is 7.49. The Bertz CT molecular complexity index is 847. The summed E-state index contributed by atoms with van der Waals surface area (Å²) in [6.07, 6.45) is 5.74. The number of nitrogens with one attached hydrogen (secondary N) is 1. The summed E-state index contributed by atoms with van der Waals surface area (Å²) in [5.41, 5.74) is 4.50. The molecule has 136 valence electrons. The molecule has 1 unspecified atom stereocenters. The van der Waals surface area contributed by atoms with Gasteiger partial charge in [0.15, 0.2) is 0 Å². The lowest BCUT2D eigenvalue weighted by Gasteiger charge is -2.29. The lowest BCUT2D eigenvalue weighted by atomic mass is 9.99. The number of anilines is 1. The zero-order valence-electron chi connectivity index (χ0n) is 15.4. The second-order valence-corrected chi connectivity index (χ2v) is 6.37. The van der Waals surface area contributed by atoms with Gasteiger partial charge in [-0.15, -0.1) is 0 Å². The van der Waals surface area contributed by atoms with Crippen molar-refractivity contribution in [3.63, 3.8) is 0 Å². The zero-order chi connectivity index (χ0) is 18.7. The van der Waals surface area contributed by atoms with Crippen molar-refractivity contribution in [2.45, 2.75) is 32.7 Å². The summed E-state index contributed by atoms with van der Waals surface area (Å²) in [6, 6.07) is 10.2. The number of ether oxygens (including phenoxy) is 1. The number of hydrogen-bond acceptors (Lipinski definition) is 4. The van der Waals surface area contributed by atoms with E-state index in [0.29, 0.717) is 0 Å². The smallest absolute Gasteiger partial charge is 0.221 e. The lowest BCUT2D eigenvalue weighted by Crippen LogP contribution is -2.30. The van der Waals surface area contributed by atoms with Crippen LogP contribution in [0.25, 0.3) is 5.70 Å². The first-order valence-corrected chi connectivity index (χ1v) is 8.81. The van der Waals surface area contributed by atoms with Crippen LogP contribution in [0.1, 0.15) is 33.7 Å². The van der Waals surface area contributed by atoms with Gasteiger partial charge in [-0.1, -0.05) is 18.2 Å². The van der Waals surface area contributed by atoms with Crippen molar-refractivity contribution in [2.75, 3.05) is 19.0 Å². The van der Waals surface area contributed by atoms with Crippen LogP contribution >= 0.6 is 0 Å². The summed E-state index contributed by atoms with van der Waals surface area (Å²) < 4.78 is 5.49. The maximum atomic E-state index is 11.2. The van der Waals surface area contributed by atoms with Crippen molar-refractivity contribution in [3.8, 4) is 6.07 Å². The van der Waals surface area contributed by atoms with E-state index in [1.807, 2.05) is 24.3 Å². The van der Waals surface area contributed by atoms with E-state index in [-0.39, 0.29) is 13.4 Å². The predicted octanol–water partition coefficient (Wildman–Crippen LogP) is 4.08. The molecule has 0 fully saturated rings. The quantitative estimate of drug-likeness (QED) is 0.888. The minimum Gasteiger partial charge on any atom is -0.501 e. The number of fused-ring (bicyclic) bond motifs is 1. The first-order chi connectivity index (χ1) is 12.6. The van der Waals surface area contributed by atoms with E-state index in [1.54, 1.807) is 7.11 Å². The Kier molecular flexibility index (Phi) is 5.13. The number of hydrogen-bond donors (Lipinski definition) is 1. The molecule has 26 heavy (non-hydrogen) atoms. The Labute approximate surface area is 155 Å². The summed E-state index contributed by atoms with van der Waals surface area (Å²) in [4.78, 5) is 13.5. The van der Waals surface area contributed by atoms with E-state index < -0.39 is 0 Å². The van der Waals surface area contributed by atoms with Gasteiger partial charge in [0, 0.05) is 27.0 Å². The number of carbonyl (C=O) groups excluding carboxylic acids is 1.